The van der Waals surface area contributed by atoms with Crippen molar-refractivity contribution in [2.24, 2.45) is 11.8 Å². The molecule has 25 heavy (non-hydrogen) atoms. The van der Waals surface area contributed by atoms with Crippen molar-refractivity contribution in [2.45, 2.75) is 90.4 Å². The molecule has 0 aliphatic heterocycles. The highest BCUT2D eigenvalue weighted by Crippen LogP contribution is 2.31. The van der Waals surface area contributed by atoms with E-state index in [2.05, 4.69) is 19.1 Å². The van der Waals surface area contributed by atoms with E-state index in [-0.39, 0.29) is 5.97 Å². The van der Waals surface area contributed by atoms with Gasteiger partial charge in [0.25, 0.3) is 0 Å². The van der Waals surface area contributed by atoms with E-state index in [1.165, 1.54) is 32.1 Å². The third kappa shape index (κ3) is 9.66. The van der Waals surface area contributed by atoms with Crippen LogP contribution in [0.5, 0.6) is 0 Å². The van der Waals surface area contributed by atoms with E-state index >= 15 is 0 Å². The van der Waals surface area contributed by atoms with E-state index in [0.29, 0.717) is 19.4 Å². The number of carbonyl (C=O) groups is 2. The molecular weight excluding hydrogens is 316 g/mol. The maximum atomic E-state index is 12.1. The first-order chi connectivity index (χ1) is 12.2. The van der Waals surface area contributed by atoms with Crippen molar-refractivity contribution >= 4 is 11.9 Å². The Morgan fingerprint density at radius 3 is 2.16 bits per heavy atom. The van der Waals surface area contributed by atoms with E-state index in [1.54, 1.807) is 0 Å². The first-order valence-electron chi connectivity index (χ1n) is 10.2. The quantitative estimate of drug-likeness (QED) is 0.270. The van der Waals surface area contributed by atoms with Crippen LogP contribution in [0.25, 0.3) is 0 Å². The van der Waals surface area contributed by atoms with E-state index in [0.717, 1.165) is 38.5 Å². The van der Waals surface area contributed by atoms with Gasteiger partial charge >= 0.3 is 11.9 Å². The zero-order valence-electron chi connectivity index (χ0n) is 15.9. The van der Waals surface area contributed by atoms with Gasteiger partial charge in [0.15, 0.2) is 0 Å². The molecule has 1 rings (SSSR count). The van der Waals surface area contributed by atoms with Crippen LogP contribution in [0, 0.1) is 11.8 Å². The van der Waals surface area contributed by atoms with Gasteiger partial charge in [0.05, 0.1) is 18.4 Å². The molecule has 144 valence electrons. The van der Waals surface area contributed by atoms with Crippen LogP contribution in [0.15, 0.2) is 12.2 Å². The summed E-state index contributed by atoms with van der Waals surface area (Å²) in [4.78, 5) is 23.3. The zero-order chi connectivity index (χ0) is 18.3. The molecule has 0 bridgehead atoms. The summed E-state index contributed by atoms with van der Waals surface area (Å²) in [5.74, 6) is -2.17. The number of allylic oxidation sites excluding steroid dienone is 2. The van der Waals surface area contributed by atoms with Crippen molar-refractivity contribution in [3.63, 3.8) is 0 Å². The fourth-order valence-corrected chi connectivity index (χ4v) is 3.45. The Labute approximate surface area is 153 Å². The minimum absolute atomic E-state index is 0.310. The zero-order valence-corrected chi connectivity index (χ0v) is 15.9. The second-order valence-corrected chi connectivity index (χ2v) is 7.17. The third-order valence-electron chi connectivity index (χ3n) is 5.04. The van der Waals surface area contributed by atoms with Crippen LogP contribution in [-0.2, 0) is 14.3 Å². The molecule has 0 amide bonds. The molecule has 1 aliphatic carbocycles. The number of hydrogen-bond acceptors (Lipinski definition) is 3. The fourth-order valence-electron chi connectivity index (χ4n) is 3.45. The van der Waals surface area contributed by atoms with Gasteiger partial charge in [-0.2, -0.15) is 0 Å². The number of carboxylic acid groups (broad SMARTS) is 1. The first kappa shape index (κ1) is 21.7. The number of aliphatic carboxylic acids is 1. The Balaban J connectivity index is 2.03. The summed E-state index contributed by atoms with van der Waals surface area (Å²) in [5.41, 5.74) is 0. The van der Waals surface area contributed by atoms with Crippen LogP contribution < -0.4 is 0 Å². The SMILES string of the molecule is CCCCCCC/C=C/CCCCOC(=O)C1CCCCC1C(=O)O. The normalized spacial score (nSPS) is 20.7. The highest BCUT2D eigenvalue weighted by atomic mass is 16.5. The number of esters is 1. The van der Waals surface area contributed by atoms with Crippen molar-refractivity contribution in [2.75, 3.05) is 6.61 Å². The number of unbranched alkanes of at least 4 members (excludes halogenated alkanes) is 7. The predicted octanol–water partition coefficient (Wildman–Crippen LogP) is 5.51. The van der Waals surface area contributed by atoms with Gasteiger partial charge in [-0.15, -0.1) is 0 Å². The lowest BCUT2D eigenvalue weighted by Gasteiger charge is -2.26. The van der Waals surface area contributed by atoms with Crippen LogP contribution in [0.2, 0.25) is 0 Å². The Kier molecular flexibility index (Phi) is 12.1. The number of rotatable bonds is 13. The van der Waals surface area contributed by atoms with Crippen LogP contribution in [0.3, 0.4) is 0 Å². The van der Waals surface area contributed by atoms with Crippen molar-refractivity contribution in [3.05, 3.63) is 12.2 Å². The smallest absolute Gasteiger partial charge is 0.309 e. The molecule has 0 aromatic rings. The summed E-state index contributed by atoms with van der Waals surface area (Å²) < 4.78 is 5.32. The van der Waals surface area contributed by atoms with Crippen molar-refractivity contribution in [1.82, 2.24) is 0 Å². The third-order valence-corrected chi connectivity index (χ3v) is 5.04. The van der Waals surface area contributed by atoms with Crippen molar-refractivity contribution in [1.29, 1.82) is 0 Å². The molecule has 0 aromatic heterocycles. The van der Waals surface area contributed by atoms with E-state index in [4.69, 9.17) is 4.74 Å². The molecule has 4 heteroatoms. The molecule has 1 saturated carbocycles. The van der Waals surface area contributed by atoms with Crippen molar-refractivity contribution in [3.8, 4) is 0 Å². The van der Waals surface area contributed by atoms with Gasteiger partial charge in [-0.05, 0) is 44.9 Å². The maximum Gasteiger partial charge on any atom is 0.309 e. The molecule has 1 fully saturated rings. The number of carbonyl (C=O) groups excluding carboxylic acids is 1. The average Bonchev–Trinajstić information content (AvgIpc) is 2.62. The number of carboxylic acids is 1. The van der Waals surface area contributed by atoms with E-state index in [9.17, 15) is 14.7 Å². The lowest BCUT2D eigenvalue weighted by molar-refractivity contribution is -0.159. The van der Waals surface area contributed by atoms with Gasteiger partial charge in [-0.3, -0.25) is 9.59 Å². The number of ether oxygens (including phenoxy) is 1. The molecule has 1 N–H and O–H groups in total. The molecule has 2 atom stereocenters. The monoisotopic (exact) mass is 352 g/mol. The van der Waals surface area contributed by atoms with Gasteiger partial charge < -0.3 is 9.84 Å². The largest absolute Gasteiger partial charge is 0.481 e. The maximum absolute atomic E-state index is 12.1. The molecule has 0 saturated heterocycles. The summed E-state index contributed by atoms with van der Waals surface area (Å²) in [7, 11) is 0. The topological polar surface area (TPSA) is 63.6 Å². The summed E-state index contributed by atoms with van der Waals surface area (Å²) in [5, 5.41) is 9.21. The van der Waals surface area contributed by atoms with E-state index in [1.807, 2.05) is 0 Å². The molecule has 2 unspecified atom stereocenters. The molecule has 0 heterocycles. The van der Waals surface area contributed by atoms with Gasteiger partial charge in [0.1, 0.15) is 0 Å². The van der Waals surface area contributed by atoms with E-state index < -0.39 is 17.8 Å². The molecule has 0 spiro atoms. The molecular formula is C21H36O4. The van der Waals surface area contributed by atoms with Gasteiger partial charge in [-0.25, -0.2) is 0 Å². The molecule has 0 radical (unpaired) electrons. The Morgan fingerprint density at radius 1 is 0.920 bits per heavy atom. The Hall–Kier alpha value is -1.32. The Morgan fingerprint density at radius 2 is 1.52 bits per heavy atom. The molecule has 0 aromatic carbocycles. The van der Waals surface area contributed by atoms with Crippen LogP contribution in [0.4, 0.5) is 0 Å². The lowest BCUT2D eigenvalue weighted by atomic mass is 9.79. The van der Waals surface area contributed by atoms with Crippen LogP contribution in [-0.4, -0.2) is 23.7 Å². The second-order valence-electron chi connectivity index (χ2n) is 7.17. The molecule has 4 nitrogen and oxygen atoms in total. The van der Waals surface area contributed by atoms with Crippen molar-refractivity contribution < 1.29 is 19.4 Å². The van der Waals surface area contributed by atoms with Gasteiger partial charge in [-0.1, -0.05) is 57.6 Å². The standard InChI is InChI=1S/C21H36O4/c1-2-3-4-5-6-7-8-9-10-11-14-17-25-21(24)19-16-13-12-15-18(19)20(22)23/h8-9,18-19H,2-7,10-17H2,1H3,(H,22,23)/b9-8+. The highest BCUT2D eigenvalue weighted by molar-refractivity contribution is 5.81. The lowest BCUT2D eigenvalue weighted by Crippen LogP contribution is -2.33. The Bertz CT molecular complexity index is 403. The second kappa shape index (κ2) is 13.9. The number of hydrogen-bond donors (Lipinski definition) is 1. The fraction of sp³-hybridized carbons (Fsp3) is 0.810. The summed E-state index contributed by atoms with van der Waals surface area (Å²) in [6.07, 6.45) is 18.2. The highest BCUT2D eigenvalue weighted by Gasteiger charge is 2.36. The summed E-state index contributed by atoms with van der Waals surface area (Å²) in [6, 6.07) is 0. The summed E-state index contributed by atoms with van der Waals surface area (Å²) >= 11 is 0. The minimum Gasteiger partial charge on any atom is -0.481 e. The minimum atomic E-state index is -0.860. The molecule has 1 aliphatic rings. The first-order valence-corrected chi connectivity index (χ1v) is 10.2. The van der Waals surface area contributed by atoms with Gasteiger partial charge in [0, 0.05) is 0 Å². The van der Waals surface area contributed by atoms with Crippen LogP contribution >= 0.6 is 0 Å². The van der Waals surface area contributed by atoms with Crippen LogP contribution in [0.1, 0.15) is 90.4 Å². The van der Waals surface area contributed by atoms with Gasteiger partial charge in [0.2, 0.25) is 0 Å². The predicted molar refractivity (Wildman–Crippen MR) is 100 cm³/mol. The average molecular weight is 353 g/mol. The summed E-state index contributed by atoms with van der Waals surface area (Å²) in [6.45, 7) is 2.64.